The Labute approximate surface area is 147 Å². The van der Waals surface area contributed by atoms with Crippen molar-refractivity contribution in [2.45, 2.75) is 6.54 Å². The van der Waals surface area contributed by atoms with Crippen molar-refractivity contribution < 1.29 is 9.32 Å². The Morgan fingerprint density at radius 2 is 2.12 bits per heavy atom. The van der Waals surface area contributed by atoms with Crippen LogP contribution in [-0.4, -0.2) is 36.0 Å². The Morgan fingerprint density at radius 1 is 1.15 bits per heavy atom. The molecule has 26 heavy (non-hydrogen) atoms. The van der Waals surface area contributed by atoms with E-state index in [0.29, 0.717) is 23.0 Å². The van der Waals surface area contributed by atoms with Crippen molar-refractivity contribution in [2.24, 2.45) is 0 Å². The van der Waals surface area contributed by atoms with Crippen molar-refractivity contribution in [3.8, 4) is 17.2 Å². The minimum atomic E-state index is -0.260. The molecule has 0 bridgehead atoms. The fourth-order valence-corrected chi connectivity index (χ4v) is 2.32. The predicted molar refractivity (Wildman–Crippen MR) is 90.1 cm³/mol. The standard InChI is InChI=1S/C17H13N7O2/c25-17(12-4-3-5-13(10-12)24-9-8-20-23-24)19-11-15-21-16(22-26-15)14-6-1-2-7-18-14/h1-10H,11H2,(H,19,25). The number of carbonyl (C=O) groups is 1. The van der Waals surface area contributed by atoms with E-state index in [0.717, 1.165) is 5.69 Å². The SMILES string of the molecule is O=C(NCc1nc(-c2ccccn2)no1)c1cccc(-n2ccnn2)c1. The molecule has 0 saturated carbocycles. The topological polar surface area (TPSA) is 112 Å². The summed E-state index contributed by atoms with van der Waals surface area (Å²) in [6.45, 7) is 0.117. The lowest BCUT2D eigenvalue weighted by atomic mass is 10.2. The number of nitrogens with zero attached hydrogens (tertiary/aromatic N) is 6. The average Bonchev–Trinajstić information content (AvgIpc) is 3.39. The van der Waals surface area contributed by atoms with Gasteiger partial charge in [-0.2, -0.15) is 4.98 Å². The van der Waals surface area contributed by atoms with Crippen LogP contribution in [0.2, 0.25) is 0 Å². The highest BCUT2D eigenvalue weighted by molar-refractivity contribution is 5.94. The first-order chi connectivity index (χ1) is 12.8. The molecule has 0 unspecified atom stereocenters. The number of pyridine rings is 1. The van der Waals surface area contributed by atoms with E-state index in [9.17, 15) is 4.79 Å². The third kappa shape index (κ3) is 3.31. The Bertz CT molecular complexity index is 1010. The molecule has 4 rings (SSSR count). The lowest BCUT2D eigenvalue weighted by Gasteiger charge is -2.05. The van der Waals surface area contributed by atoms with Gasteiger partial charge in [-0.3, -0.25) is 9.78 Å². The van der Waals surface area contributed by atoms with E-state index in [4.69, 9.17) is 4.52 Å². The van der Waals surface area contributed by atoms with Crippen molar-refractivity contribution in [3.05, 3.63) is 72.5 Å². The quantitative estimate of drug-likeness (QED) is 0.584. The van der Waals surface area contributed by atoms with Gasteiger partial charge < -0.3 is 9.84 Å². The summed E-state index contributed by atoms with van der Waals surface area (Å²) in [5.41, 5.74) is 1.84. The van der Waals surface area contributed by atoms with Crippen molar-refractivity contribution in [3.63, 3.8) is 0 Å². The molecule has 0 aliphatic rings. The van der Waals surface area contributed by atoms with E-state index in [2.05, 4.69) is 30.8 Å². The minimum absolute atomic E-state index is 0.117. The number of hydrogen-bond acceptors (Lipinski definition) is 7. The summed E-state index contributed by atoms with van der Waals surface area (Å²) >= 11 is 0. The van der Waals surface area contributed by atoms with Gasteiger partial charge in [0.1, 0.15) is 5.69 Å². The van der Waals surface area contributed by atoms with Crippen molar-refractivity contribution in [2.75, 3.05) is 0 Å². The summed E-state index contributed by atoms with van der Waals surface area (Å²) in [6, 6.07) is 12.5. The van der Waals surface area contributed by atoms with Crippen LogP contribution < -0.4 is 5.32 Å². The lowest BCUT2D eigenvalue weighted by Crippen LogP contribution is -2.23. The molecule has 1 amide bonds. The number of rotatable bonds is 5. The van der Waals surface area contributed by atoms with E-state index in [1.807, 2.05) is 12.1 Å². The molecular weight excluding hydrogens is 334 g/mol. The summed E-state index contributed by atoms with van der Waals surface area (Å²) < 4.78 is 6.73. The molecule has 1 aromatic carbocycles. The van der Waals surface area contributed by atoms with Crippen LogP contribution in [0.3, 0.4) is 0 Å². The van der Waals surface area contributed by atoms with Gasteiger partial charge in [-0.1, -0.05) is 22.5 Å². The first-order valence-electron chi connectivity index (χ1n) is 7.78. The zero-order valence-electron chi connectivity index (χ0n) is 13.5. The fourth-order valence-electron chi connectivity index (χ4n) is 2.32. The molecule has 4 aromatic rings. The maximum absolute atomic E-state index is 12.4. The summed E-state index contributed by atoms with van der Waals surface area (Å²) in [7, 11) is 0. The van der Waals surface area contributed by atoms with Crippen LogP contribution in [0.15, 0.2) is 65.6 Å². The number of aromatic nitrogens is 6. The highest BCUT2D eigenvalue weighted by Crippen LogP contribution is 2.12. The second-order valence-corrected chi connectivity index (χ2v) is 5.31. The van der Waals surface area contributed by atoms with Crippen LogP contribution in [0.4, 0.5) is 0 Å². The Kier molecular flexibility index (Phi) is 4.17. The summed E-state index contributed by atoms with van der Waals surface area (Å²) in [6.07, 6.45) is 4.92. The zero-order chi connectivity index (χ0) is 17.8. The summed E-state index contributed by atoms with van der Waals surface area (Å²) in [4.78, 5) is 20.7. The molecule has 0 spiro atoms. The smallest absolute Gasteiger partial charge is 0.251 e. The predicted octanol–water partition coefficient (Wildman–Crippen LogP) is 1.64. The Hall–Kier alpha value is -3.88. The third-order valence-corrected chi connectivity index (χ3v) is 3.56. The van der Waals surface area contributed by atoms with Gasteiger partial charge in [0, 0.05) is 11.8 Å². The molecule has 3 heterocycles. The van der Waals surface area contributed by atoms with Gasteiger partial charge >= 0.3 is 0 Å². The van der Waals surface area contributed by atoms with Gasteiger partial charge in [0.15, 0.2) is 0 Å². The van der Waals surface area contributed by atoms with Gasteiger partial charge in [-0.25, -0.2) is 4.68 Å². The molecule has 0 saturated heterocycles. The van der Waals surface area contributed by atoms with Crippen LogP contribution in [0.1, 0.15) is 16.2 Å². The van der Waals surface area contributed by atoms with Gasteiger partial charge in [-0.05, 0) is 30.3 Å². The van der Waals surface area contributed by atoms with Crippen LogP contribution in [0, 0.1) is 0 Å². The molecule has 0 fully saturated rings. The van der Waals surface area contributed by atoms with Gasteiger partial charge in [0.2, 0.25) is 11.7 Å². The highest BCUT2D eigenvalue weighted by atomic mass is 16.5. The van der Waals surface area contributed by atoms with Crippen LogP contribution in [0.25, 0.3) is 17.2 Å². The Balaban J connectivity index is 1.43. The van der Waals surface area contributed by atoms with Gasteiger partial charge in [-0.15, -0.1) is 5.10 Å². The maximum atomic E-state index is 12.4. The van der Waals surface area contributed by atoms with Gasteiger partial charge in [0.05, 0.1) is 24.6 Å². The van der Waals surface area contributed by atoms with E-state index < -0.39 is 0 Å². The summed E-state index contributed by atoms with van der Waals surface area (Å²) in [5.74, 6) is 0.416. The van der Waals surface area contributed by atoms with Gasteiger partial charge in [0.25, 0.3) is 5.91 Å². The molecule has 0 aliphatic carbocycles. The molecule has 0 aliphatic heterocycles. The van der Waals surface area contributed by atoms with E-state index in [1.165, 1.54) is 0 Å². The fraction of sp³-hybridized carbons (Fsp3) is 0.0588. The first kappa shape index (κ1) is 15.6. The second kappa shape index (κ2) is 6.93. The molecule has 3 aromatic heterocycles. The number of hydrogen-bond donors (Lipinski definition) is 1. The monoisotopic (exact) mass is 347 g/mol. The zero-order valence-corrected chi connectivity index (χ0v) is 13.5. The highest BCUT2D eigenvalue weighted by Gasteiger charge is 2.12. The normalized spacial score (nSPS) is 10.6. The van der Waals surface area contributed by atoms with Crippen molar-refractivity contribution >= 4 is 5.91 Å². The molecule has 1 N–H and O–H groups in total. The number of amides is 1. The average molecular weight is 347 g/mol. The van der Waals surface area contributed by atoms with Crippen molar-refractivity contribution in [1.29, 1.82) is 0 Å². The summed E-state index contributed by atoms with van der Waals surface area (Å²) in [5, 5.41) is 14.3. The maximum Gasteiger partial charge on any atom is 0.251 e. The number of benzene rings is 1. The minimum Gasteiger partial charge on any atom is -0.343 e. The third-order valence-electron chi connectivity index (χ3n) is 3.56. The molecule has 0 radical (unpaired) electrons. The van der Waals surface area contributed by atoms with Crippen molar-refractivity contribution in [1.82, 2.24) is 35.4 Å². The second-order valence-electron chi connectivity index (χ2n) is 5.31. The molecule has 128 valence electrons. The van der Waals surface area contributed by atoms with E-state index in [1.54, 1.807) is 53.6 Å². The molecule has 9 heteroatoms. The van der Waals surface area contributed by atoms with Crippen LogP contribution in [-0.2, 0) is 6.54 Å². The van der Waals surface area contributed by atoms with E-state index >= 15 is 0 Å². The number of nitrogens with one attached hydrogen (secondary N) is 1. The van der Waals surface area contributed by atoms with Crippen LogP contribution >= 0.6 is 0 Å². The first-order valence-corrected chi connectivity index (χ1v) is 7.78. The lowest BCUT2D eigenvalue weighted by molar-refractivity contribution is 0.0946. The van der Waals surface area contributed by atoms with Crippen LogP contribution in [0.5, 0.6) is 0 Å². The largest absolute Gasteiger partial charge is 0.343 e. The van der Waals surface area contributed by atoms with E-state index in [-0.39, 0.29) is 12.5 Å². The molecule has 9 nitrogen and oxygen atoms in total. The Morgan fingerprint density at radius 3 is 2.92 bits per heavy atom. The number of carbonyl (C=O) groups excluding carboxylic acids is 1. The molecule has 0 atom stereocenters. The molecular formula is C17H13N7O2.